The molecular weight excluding hydrogens is 278 g/mol. The quantitative estimate of drug-likeness (QED) is 0.905. The van der Waals surface area contributed by atoms with Crippen LogP contribution in [-0.4, -0.2) is 24.1 Å². The highest BCUT2D eigenvalue weighted by Crippen LogP contribution is 2.22. The molecule has 0 atom stereocenters. The topological polar surface area (TPSA) is 28.2 Å². The van der Waals surface area contributed by atoms with E-state index in [4.69, 9.17) is 0 Å². The van der Waals surface area contributed by atoms with Crippen LogP contribution in [0.3, 0.4) is 0 Å². The van der Waals surface area contributed by atoms with Gasteiger partial charge < -0.3 is 10.2 Å². The summed E-state index contributed by atoms with van der Waals surface area (Å²) in [6.45, 7) is 9.48. The maximum Gasteiger partial charge on any atom is 0.133 e. The second-order valence-corrected chi connectivity index (χ2v) is 5.79. The predicted molar refractivity (Wildman–Crippen MR) is 77.5 cm³/mol. The van der Waals surface area contributed by atoms with Crippen molar-refractivity contribution in [3.63, 3.8) is 0 Å². The molecule has 0 radical (unpaired) electrons. The maximum atomic E-state index is 4.52. The summed E-state index contributed by atoms with van der Waals surface area (Å²) in [5.74, 6) is 1.05. The van der Waals surface area contributed by atoms with Gasteiger partial charge in [-0.15, -0.1) is 0 Å². The van der Waals surface area contributed by atoms with Crippen LogP contribution >= 0.6 is 15.9 Å². The van der Waals surface area contributed by atoms with E-state index in [2.05, 4.69) is 71.9 Å². The minimum Gasteiger partial charge on any atom is -0.357 e. The van der Waals surface area contributed by atoms with Crippen molar-refractivity contribution >= 4 is 21.7 Å². The van der Waals surface area contributed by atoms with Gasteiger partial charge in [-0.25, -0.2) is 4.98 Å². The lowest BCUT2D eigenvalue weighted by Gasteiger charge is -2.25. The third kappa shape index (κ3) is 4.28. The van der Waals surface area contributed by atoms with Crippen LogP contribution in [0, 0.1) is 0 Å². The summed E-state index contributed by atoms with van der Waals surface area (Å²) in [5.41, 5.74) is 1.23. The number of nitrogens with zero attached hydrogens (tertiary/aromatic N) is 2. The van der Waals surface area contributed by atoms with E-state index in [1.54, 1.807) is 0 Å². The number of nitrogens with one attached hydrogen (secondary N) is 1. The molecule has 1 rings (SSSR count). The number of aromatic nitrogens is 1. The van der Waals surface area contributed by atoms with Crippen LogP contribution < -0.4 is 10.2 Å². The number of halogens is 1. The molecule has 0 unspecified atom stereocenters. The summed E-state index contributed by atoms with van der Waals surface area (Å²) in [4.78, 5) is 6.71. The molecule has 0 bridgehead atoms. The van der Waals surface area contributed by atoms with Crippen LogP contribution in [0.15, 0.2) is 16.7 Å². The Labute approximate surface area is 113 Å². The summed E-state index contributed by atoms with van der Waals surface area (Å²) in [7, 11) is 2.08. The van der Waals surface area contributed by atoms with Gasteiger partial charge in [0.15, 0.2) is 0 Å². The Balaban J connectivity index is 2.95. The smallest absolute Gasteiger partial charge is 0.133 e. The van der Waals surface area contributed by atoms with E-state index < -0.39 is 0 Å². The minimum absolute atomic E-state index is 0.446. The first-order valence-corrected chi connectivity index (χ1v) is 6.81. The van der Waals surface area contributed by atoms with Gasteiger partial charge in [-0.2, -0.15) is 0 Å². The van der Waals surface area contributed by atoms with Crippen LogP contribution in [0.5, 0.6) is 0 Å². The van der Waals surface area contributed by atoms with Crippen molar-refractivity contribution in [3.05, 3.63) is 22.3 Å². The molecule has 1 N–H and O–H groups in total. The van der Waals surface area contributed by atoms with Crippen molar-refractivity contribution in [2.75, 3.05) is 11.9 Å². The monoisotopic (exact) mass is 299 g/mol. The predicted octanol–water partition coefficient (Wildman–Crippen LogP) is 3.19. The molecule has 4 heteroatoms. The average Bonchev–Trinajstić information content (AvgIpc) is 2.25. The lowest BCUT2D eigenvalue weighted by Crippen LogP contribution is -2.29. The minimum atomic E-state index is 0.446. The molecule has 1 aromatic rings. The molecule has 0 aromatic carbocycles. The van der Waals surface area contributed by atoms with E-state index in [1.165, 1.54) is 5.56 Å². The fourth-order valence-corrected chi connectivity index (χ4v) is 1.86. The van der Waals surface area contributed by atoms with Crippen molar-refractivity contribution in [1.29, 1.82) is 0 Å². The van der Waals surface area contributed by atoms with Crippen LogP contribution in [0.1, 0.15) is 33.3 Å². The van der Waals surface area contributed by atoms with Gasteiger partial charge in [0, 0.05) is 41.9 Å². The zero-order valence-corrected chi connectivity index (χ0v) is 12.9. The van der Waals surface area contributed by atoms with Gasteiger partial charge in [0.05, 0.1) is 0 Å². The standard InChI is InChI=1S/C13H22BrN3/c1-9(2)15-7-11-6-12(14)8-16-13(11)17(5)10(3)4/h6,8-10,15H,7H2,1-5H3. The molecule has 0 spiro atoms. The van der Waals surface area contributed by atoms with Crippen LogP contribution in [0.4, 0.5) is 5.82 Å². The molecule has 17 heavy (non-hydrogen) atoms. The molecule has 3 nitrogen and oxygen atoms in total. The Morgan fingerprint density at radius 1 is 1.35 bits per heavy atom. The fourth-order valence-electron chi connectivity index (χ4n) is 1.48. The van der Waals surface area contributed by atoms with Crippen molar-refractivity contribution in [2.24, 2.45) is 0 Å². The lowest BCUT2D eigenvalue weighted by atomic mass is 10.2. The zero-order valence-electron chi connectivity index (χ0n) is 11.3. The van der Waals surface area contributed by atoms with E-state index in [-0.39, 0.29) is 0 Å². The van der Waals surface area contributed by atoms with Gasteiger partial charge in [0.1, 0.15) is 5.82 Å². The molecular formula is C13H22BrN3. The highest BCUT2D eigenvalue weighted by molar-refractivity contribution is 9.10. The largest absolute Gasteiger partial charge is 0.357 e. The maximum absolute atomic E-state index is 4.52. The summed E-state index contributed by atoms with van der Waals surface area (Å²) in [6, 6.07) is 3.06. The van der Waals surface area contributed by atoms with Crippen LogP contribution in [0.25, 0.3) is 0 Å². The Morgan fingerprint density at radius 3 is 2.53 bits per heavy atom. The van der Waals surface area contributed by atoms with Gasteiger partial charge >= 0.3 is 0 Å². The number of pyridine rings is 1. The van der Waals surface area contributed by atoms with E-state index in [0.29, 0.717) is 12.1 Å². The van der Waals surface area contributed by atoms with E-state index in [1.807, 2.05) is 6.20 Å². The fraction of sp³-hybridized carbons (Fsp3) is 0.615. The SMILES string of the molecule is CC(C)NCc1cc(Br)cnc1N(C)C(C)C. The highest BCUT2D eigenvalue weighted by Gasteiger charge is 2.12. The van der Waals surface area contributed by atoms with E-state index in [0.717, 1.165) is 16.8 Å². The molecule has 96 valence electrons. The molecule has 0 fully saturated rings. The molecule has 0 saturated heterocycles. The first-order valence-electron chi connectivity index (χ1n) is 6.02. The summed E-state index contributed by atoms with van der Waals surface area (Å²) in [6.07, 6.45) is 1.85. The Kier molecular flexibility index (Phi) is 5.40. The van der Waals surface area contributed by atoms with Gasteiger partial charge in [-0.3, -0.25) is 0 Å². The van der Waals surface area contributed by atoms with Crippen molar-refractivity contribution in [2.45, 2.75) is 46.3 Å². The first kappa shape index (κ1) is 14.5. The third-order valence-electron chi connectivity index (χ3n) is 2.72. The highest BCUT2D eigenvalue weighted by atomic mass is 79.9. The Hall–Kier alpha value is -0.610. The van der Waals surface area contributed by atoms with Crippen LogP contribution in [0.2, 0.25) is 0 Å². The van der Waals surface area contributed by atoms with Crippen molar-refractivity contribution in [1.82, 2.24) is 10.3 Å². The number of hydrogen-bond acceptors (Lipinski definition) is 3. The van der Waals surface area contributed by atoms with Crippen LogP contribution in [-0.2, 0) is 6.54 Å². The van der Waals surface area contributed by atoms with Gasteiger partial charge in [0.2, 0.25) is 0 Å². The molecule has 0 aliphatic rings. The van der Waals surface area contributed by atoms with Crippen molar-refractivity contribution in [3.8, 4) is 0 Å². The average molecular weight is 300 g/mol. The number of anilines is 1. The summed E-state index contributed by atoms with van der Waals surface area (Å²) < 4.78 is 1.03. The van der Waals surface area contributed by atoms with Gasteiger partial charge in [-0.1, -0.05) is 13.8 Å². The van der Waals surface area contributed by atoms with Gasteiger partial charge in [-0.05, 0) is 35.8 Å². The van der Waals surface area contributed by atoms with Crippen molar-refractivity contribution < 1.29 is 0 Å². The molecule has 0 amide bonds. The molecule has 1 aromatic heterocycles. The number of hydrogen-bond donors (Lipinski definition) is 1. The van der Waals surface area contributed by atoms with Gasteiger partial charge in [0.25, 0.3) is 0 Å². The zero-order chi connectivity index (χ0) is 13.0. The van der Waals surface area contributed by atoms with E-state index >= 15 is 0 Å². The Bertz CT molecular complexity index is 364. The Morgan fingerprint density at radius 2 is 2.00 bits per heavy atom. The molecule has 1 heterocycles. The lowest BCUT2D eigenvalue weighted by molar-refractivity contribution is 0.585. The molecule has 0 saturated carbocycles. The normalized spacial score (nSPS) is 11.3. The second-order valence-electron chi connectivity index (χ2n) is 4.88. The molecule has 0 aliphatic heterocycles. The third-order valence-corrected chi connectivity index (χ3v) is 3.15. The second kappa shape index (κ2) is 6.36. The summed E-state index contributed by atoms with van der Waals surface area (Å²) in [5, 5.41) is 3.44. The number of rotatable bonds is 5. The first-order chi connectivity index (χ1) is 7.91. The van der Waals surface area contributed by atoms with E-state index in [9.17, 15) is 0 Å². The molecule has 0 aliphatic carbocycles. The summed E-state index contributed by atoms with van der Waals surface area (Å²) >= 11 is 3.48.